The van der Waals surface area contributed by atoms with Crippen LogP contribution in [0.25, 0.3) is 11.5 Å². The molecule has 3 aromatic rings. The first-order valence-corrected chi connectivity index (χ1v) is 9.13. The number of ether oxygens (including phenoxy) is 2. The van der Waals surface area contributed by atoms with Crippen molar-refractivity contribution in [3.8, 4) is 17.2 Å². The van der Waals surface area contributed by atoms with E-state index in [2.05, 4.69) is 10.2 Å². The lowest BCUT2D eigenvalue weighted by Gasteiger charge is -2.20. The Balaban J connectivity index is 1.54. The van der Waals surface area contributed by atoms with E-state index in [4.69, 9.17) is 13.9 Å². The standard InChI is InChI=1S/C18H15N3O5S/c1-11-2-4-12(5-3-11)17-19-20-18(26-17)27-9-14-7-15(21(22)23)6-13-8-24-10-25-16(13)14/h2-7H,8-10H2,1H3. The lowest BCUT2D eigenvalue weighted by Crippen LogP contribution is -2.13. The fourth-order valence-electron chi connectivity index (χ4n) is 2.71. The molecule has 0 saturated heterocycles. The van der Waals surface area contributed by atoms with E-state index in [0.717, 1.165) is 11.1 Å². The maximum atomic E-state index is 11.2. The molecule has 1 aromatic heterocycles. The average Bonchev–Trinajstić information content (AvgIpc) is 3.15. The van der Waals surface area contributed by atoms with Crippen molar-refractivity contribution in [2.24, 2.45) is 0 Å². The molecule has 0 spiro atoms. The van der Waals surface area contributed by atoms with E-state index >= 15 is 0 Å². The van der Waals surface area contributed by atoms with Crippen molar-refractivity contribution < 1.29 is 18.8 Å². The van der Waals surface area contributed by atoms with E-state index in [0.29, 0.717) is 33.7 Å². The maximum Gasteiger partial charge on any atom is 0.277 e. The number of fused-ring (bicyclic) bond motifs is 1. The highest BCUT2D eigenvalue weighted by atomic mass is 32.2. The number of thioether (sulfide) groups is 1. The summed E-state index contributed by atoms with van der Waals surface area (Å²) in [7, 11) is 0. The Labute approximate surface area is 158 Å². The van der Waals surface area contributed by atoms with Crippen molar-refractivity contribution in [1.29, 1.82) is 0 Å². The number of non-ortho nitro benzene ring substituents is 1. The summed E-state index contributed by atoms with van der Waals surface area (Å²) in [5.41, 5.74) is 3.35. The number of nitrogens with zero attached hydrogens (tertiary/aromatic N) is 3. The van der Waals surface area contributed by atoms with Gasteiger partial charge in [0.1, 0.15) is 5.75 Å². The van der Waals surface area contributed by atoms with Crippen molar-refractivity contribution in [3.63, 3.8) is 0 Å². The average molecular weight is 385 g/mol. The van der Waals surface area contributed by atoms with Crippen molar-refractivity contribution in [3.05, 3.63) is 63.2 Å². The molecular formula is C18H15N3O5S. The van der Waals surface area contributed by atoms with Gasteiger partial charge in [0.2, 0.25) is 5.89 Å². The zero-order valence-corrected chi connectivity index (χ0v) is 15.2. The Morgan fingerprint density at radius 3 is 2.81 bits per heavy atom. The van der Waals surface area contributed by atoms with E-state index < -0.39 is 4.92 Å². The number of benzene rings is 2. The van der Waals surface area contributed by atoms with Crippen molar-refractivity contribution in [2.45, 2.75) is 24.5 Å². The normalized spacial score (nSPS) is 13.1. The summed E-state index contributed by atoms with van der Waals surface area (Å²) in [5.74, 6) is 1.46. The van der Waals surface area contributed by atoms with E-state index in [9.17, 15) is 10.1 Å². The lowest BCUT2D eigenvalue weighted by atomic mass is 10.1. The number of nitro groups is 1. The molecule has 0 atom stereocenters. The number of aromatic nitrogens is 2. The number of aryl methyl sites for hydroxylation is 1. The van der Waals surface area contributed by atoms with Crippen LogP contribution in [0.4, 0.5) is 5.69 Å². The van der Waals surface area contributed by atoms with Gasteiger partial charge in [-0.25, -0.2) is 0 Å². The van der Waals surface area contributed by atoms with E-state index in [-0.39, 0.29) is 19.1 Å². The maximum absolute atomic E-state index is 11.2. The summed E-state index contributed by atoms with van der Waals surface area (Å²) >= 11 is 1.30. The molecule has 138 valence electrons. The van der Waals surface area contributed by atoms with Crippen LogP contribution in [0.2, 0.25) is 0 Å². The van der Waals surface area contributed by atoms with Crippen molar-refractivity contribution in [2.75, 3.05) is 6.79 Å². The van der Waals surface area contributed by atoms with Crippen LogP contribution in [-0.4, -0.2) is 21.9 Å². The molecule has 2 aromatic carbocycles. The minimum atomic E-state index is -0.425. The fourth-order valence-corrected chi connectivity index (χ4v) is 3.44. The molecule has 0 N–H and O–H groups in total. The Hall–Kier alpha value is -2.91. The lowest BCUT2D eigenvalue weighted by molar-refractivity contribution is -0.385. The molecule has 4 rings (SSSR count). The van der Waals surface area contributed by atoms with Gasteiger partial charge in [-0.3, -0.25) is 10.1 Å². The summed E-state index contributed by atoms with van der Waals surface area (Å²) in [5, 5.41) is 19.7. The predicted octanol–water partition coefficient (Wildman–Crippen LogP) is 4.11. The monoisotopic (exact) mass is 385 g/mol. The summed E-state index contributed by atoms with van der Waals surface area (Å²) in [6, 6.07) is 10.8. The van der Waals surface area contributed by atoms with Crippen molar-refractivity contribution >= 4 is 17.4 Å². The second kappa shape index (κ2) is 7.37. The molecule has 0 fully saturated rings. The molecule has 27 heavy (non-hydrogen) atoms. The first-order valence-electron chi connectivity index (χ1n) is 8.14. The second-order valence-corrected chi connectivity index (χ2v) is 6.92. The van der Waals surface area contributed by atoms with Gasteiger partial charge < -0.3 is 13.9 Å². The second-order valence-electron chi connectivity index (χ2n) is 5.99. The summed E-state index contributed by atoms with van der Waals surface area (Å²) < 4.78 is 16.4. The van der Waals surface area contributed by atoms with Crippen LogP contribution in [0.1, 0.15) is 16.7 Å². The molecule has 1 aliphatic heterocycles. The number of rotatable bonds is 5. The van der Waals surface area contributed by atoms with Gasteiger partial charge in [-0.2, -0.15) is 0 Å². The highest BCUT2D eigenvalue weighted by Crippen LogP contribution is 2.36. The van der Waals surface area contributed by atoms with E-state index in [1.54, 1.807) is 0 Å². The fraction of sp³-hybridized carbons (Fsp3) is 0.222. The Morgan fingerprint density at radius 1 is 1.22 bits per heavy atom. The molecule has 0 aliphatic carbocycles. The zero-order chi connectivity index (χ0) is 18.8. The predicted molar refractivity (Wildman–Crippen MR) is 97.4 cm³/mol. The van der Waals surface area contributed by atoms with E-state index in [1.165, 1.54) is 23.9 Å². The van der Waals surface area contributed by atoms with Gasteiger partial charge in [-0.05, 0) is 19.1 Å². The van der Waals surface area contributed by atoms with Crippen LogP contribution in [0, 0.1) is 17.0 Å². The molecular weight excluding hydrogens is 370 g/mol. The number of hydrogen-bond acceptors (Lipinski definition) is 8. The first-order chi connectivity index (χ1) is 13.1. The van der Waals surface area contributed by atoms with Gasteiger partial charge >= 0.3 is 0 Å². The van der Waals surface area contributed by atoms with E-state index in [1.807, 2.05) is 31.2 Å². The topological polar surface area (TPSA) is 101 Å². The molecule has 0 unspecified atom stereocenters. The third-order valence-electron chi connectivity index (χ3n) is 4.04. The molecule has 0 amide bonds. The first kappa shape index (κ1) is 17.5. The minimum Gasteiger partial charge on any atom is -0.467 e. The van der Waals surface area contributed by atoms with Gasteiger partial charge in [0.05, 0.1) is 11.5 Å². The quantitative estimate of drug-likeness (QED) is 0.367. The number of nitro benzene ring substituents is 1. The summed E-state index contributed by atoms with van der Waals surface area (Å²) in [6.07, 6.45) is 0. The molecule has 0 bridgehead atoms. The largest absolute Gasteiger partial charge is 0.467 e. The molecule has 9 heteroatoms. The number of hydrogen-bond donors (Lipinski definition) is 0. The van der Waals surface area contributed by atoms with Crippen LogP contribution in [0.3, 0.4) is 0 Å². The Bertz CT molecular complexity index is 987. The Kier molecular flexibility index (Phi) is 4.78. The van der Waals surface area contributed by atoms with Crippen LogP contribution in [0.5, 0.6) is 5.75 Å². The van der Waals surface area contributed by atoms with Gasteiger partial charge in [-0.15, -0.1) is 10.2 Å². The van der Waals surface area contributed by atoms with Gasteiger partial charge in [0.25, 0.3) is 10.9 Å². The Morgan fingerprint density at radius 2 is 2.04 bits per heavy atom. The van der Waals surface area contributed by atoms with Gasteiger partial charge in [0, 0.05) is 34.6 Å². The minimum absolute atomic E-state index is 0.00400. The third kappa shape index (κ3) is 3.79. The SMILES string of the molecule is Cc1ccc(-c2nnc(SCc3cc([N+](=O)[O-])cc4c3OCOC4)o2)cc1. The smallest absolute Gasteiger partial charge is 0.277 e. The molecule has 0 saturated carbocycles. The van der Waals surface area contributed by atoms with Gasteiger partial charge in [-0.1, -0.05) is 29.5 Å². The highest BCUT2D eigenvalue weighted by molar-refractivity contribution is 7.98. The molecule has 1 aliphatic rings. The highest BCUT2D eigenvalue weighted by Gasteiger charge is 2.21. The molecule has 0 radical (unpaired) electrons. The third-order valence-corrected chi connectivity index (χ3v) is 4.91. The molecule has 2 heterocycles. The zero-order valence-electron chi connectivity index (χ0n) is 14.4. The van der Waals surface area contributed by atoms with Crippen LogP contribution in [-0.2, 0) is 17.1 Å². The van der Waals surface area contributed by atoms with Gasteiger partial charge in [0.15, 0.2) is 6.79 Å². The van der Waals surface area contributed by atoms with Crippen molar-refractivity contribution in [1.82, 2.24) is 10.2 Å². The van der Waals surface area contributed by atoms with Crippen LogP contribution < -0.4 is 4.74 Å². The summed E-state index contributed by atoms with van der Waals surface area (Å²) in [4.78, 5) is 10.7. The molecule has 8 nitrogen and oxygen atoms in total. The summed E-state index contributed by atoms with van der Waals surface area (Å²) in [6.45, 7) is 2.42. The van der Waals surface area contributed by atoms with Crippen LogP contribution >= 0.6 is 11.8 Å². The van der Waals surface area contributed by atoms with Crippen LogP contribution in [0.15, 0.2) is 46.0 Å².